The van der Waals surface area contributed by atoms with Crippen molar-refractivity contribution in [3.8, 4) is 0 Å². The van der Waals surface area contributed by atoms with Crippen LogP contribution in [-0.2, 0) is 23.9 Å². The van der Waals surface area contributed by atoms with Crippen LogP contribution in [0.15, 0.2) is 12.2 Å². The second kappa shape index (κ2) is 9.19. The molecule has 1 fully saturated rings. The Bertz CT molecular complexity index is 554. The molecule has 26 heavy (non-hydrogen) atoms. The van der Waals surface area contributed by atoms with Crippen LogP contribution in [0.5, 0.6) is 0 Å². The zero-order valence-corrected chi connectivity index (χ0v) is 16.8. The average molecular weight is 367 g/mol. The molecular weight excluding hydrogens is 334 g/mol. The molecule has 0 aromatic carbocycles. The first-order chi connectivity index (χ1) is 11.9. The number of ether oxygens (including phenoxy) is 2. The van der Waals surface area contributed by atoms with Gasteiger partial charge in [0.25, 0.3) is 0 Å². The van der Waals surface area contributed by atoms with Crippen LogP contribution in [0.25, 0.3) is 0 Å². The van der Waals surface area contributed by atoms with Gasteiger partial charge in [-0.1, -0.05) is 27.4 Å². The maximum absolute atomic E-state index is 12.0. The summed E-state index contributed by atoms with van der Waals surface area (Å²) < 4.78 is 10.0. The number of rotatable bonds is 8. The van der Waals surface area contributed by atoms with Crippen molar-refractivity contribution in [2.75, 3.05) is 13.2 Å². The highest BCUT2D eigenvalue weighted by Crippen LogP contribution is 2.48. The summed E-state index contributed by atoms with van der Waals surface area (Å²) >= 11 is 0. The Hall–Kier alpha value is -1.85. The molecule has 1 aliphatic rings. The highest BCUT2D eigenvalue weighted by Gasteiger charge is 2.41. The lowest BCUT2D eigenvalue weighted by Gasteiger charge is -2.47. The normalized spacial score (nSPS) is 24.4. The van der Waals surface area contributed by atoms with Crippen LogP contribution in [0.1, 0.15) is 66.7 Å². The largest absolute Gasteiger partial charge is 0.462 e. The van der Waals surface area contributed by atoms with Crippen LogP contribution in [0.2, 0.25) is 0 Å². The molecule has 148 valence electrons. The minimum atomic E-state index is -0.484. The maximum Gasteiger partial charge on any atom is 0.333 e. The molecule has 0 spiro atoms. The first-order valence-electron chi connectivity index (χ1n) is 9.18. The Labute approximate surface area is 156 Å². The Morgan fingerprint density at radius 2 is 1.69 bits per heavy atom. The number of nitrogens with one attached hydrogen (secondary N) is 1. The Balaban J connectivity index is 2.43. The summed E-state index contributed by atoms with van der Waals surface area (Å²) in [6.07, 6.45) is 3.82. The fourth-order valence-electron chi connectivity index (χ4n) is 4.10. The van der Waals surface area contributed by atoms with Crippen molar-refractivity contribution in [2.24, 2.45) is 10.8 Å². The van der Waals surface area contributed by atoms with Crippen LogP contribution in [0.3, 0.4) is 0 Å². The Morgan fingerprint density at radius 3 is 2.27 bits per heavy atom. The maximum atomic E-state index is 12.0. The third kappa shape index (κ3) is 8.02. The van der Waals surface area contributed by atoms with Gasteiger partial charge in [0.15, 0.2) is 0 Å². The van der Waals surface area contributed by atoms with Crippen molar-refractivity contribution < 1.29 is 23.9 Å². The molecule has 0 aromatic heterocycles. The highest BCUT2D eigenvalue weighted by molar-refractivity contribution is 5.86. The lowest BCUT2D eigenvalue weighted by Crippen LogP contribution is -2.46. The molecule has 2 atom stereocenters. The van der Waals surface area contributed by atoms with E-state index in [1.165, 1.54) is 6.92 Å². The van der Waals surface area contributed by atoms with Gasteiger partial charge in [-0.25, -0.2) is 4.79 Å². The number of carbonyl (C=O) groups is 3. The minimum Gasteiger partial charge on any atom is -0.462 e. The molecule has 0 saturated heterocycles. The molecule has 1 aliphatic carbocycles. The summed E-state index contributed by atoms with van der Waals surface area (Å²) in [6, 6.07) is 0.138. The predicted molar refractivity (Wildman–Crippen MR) is 99.3 cm³/mol. The third-order valence-electron chi connectivity index (χ3n) is 4.71. The monoisotopic (exact) mass is 367 g/mol. The molecular formula is C20H33NO5. The minimum absolute atomic E-state index is 0.0150. The average Bonchev–Trinajstić information content (AvgIpc) is 2.46. The fourth-order valence-corrected chi connectivity index (χ4v) is 4.10. The van der Waals surface area contributed by atoms with Crippen LogP contribution < -0.4 is 5.32 Å². The zero-order chi connectivity index (χ0) is 20.0. The first-order valence-corrected chi connectivity index (χ1v) is 9.18. The lowest BCUT2D eigenvalue weighted by atomic mass is 9.61. The molecule has 0 heterocycles. The van der Waals surface area contributed by atoms with Gasteiger partial charge in [0.1, 0.15) is 13.2 Å². The van der Waals surface area contributed by atoms with Crippen molar-refractivity contribution >= 4 is 17.8 Å². The standard InChI is InChI=1S/C20H33NO5/c1-14(2)18(24)26-10-9-25-17(23)7-8-20(6)12-16(21-15(3)22)11-19(4,5)13-20/h16H,1,7-13H2,2-6H3,(H,21,22). The summed E-state index contributed by atoms with van der Waals surface area (Å²) in [6.45, 7) is 13.2. The Morgan fingerprint density at radius 1 is 1.08 bits per heavy atom. The molecule has 1 amide bonds. The van der Waals surface area contributed by atoms with Crippen molar-refractivity contribution in [3.05, 3.63) is 12.2 Å². The van der Waals surface area contributed by atoms with E-state index in [4.69, 9.17) is 9.47 Å². The molecule has 0 radical (unpaired) electrons. The quantitative estimate of drug-likeness (QED) is 0.405. The molecule has 0 bridgehead atoms. The predicted octanol–water partition coefficient (Wildman–Crippen LogP) is 3.15. The van der Waals surface area contributed by atoms with Crippen molar-refractivity contribution in [1.29, 1.82) is 0 Å². The number of hydrogen-bond acceptors (Lipinski definition) is 5. The zero-order valence-electron chi connectivity index (χ0n) is 16.8. The summed E-state index contributed by atoms with van der Waals surface area (Å²) in [5.74, 6) is -0.794. The summed E-state index contributed by atoms with van der Waals surface area (Å²) in [7, 11) is 0. The van der Waals surface area contributed by atoms with E-state index in [0.29, 0.717) is 18.4 Å². The van der Waals surface area contributed by atoms with E-state index >= 15 is 0 Å². The van der Waals surface area contributed by atoms with Crippen molar-refractivity contribution in [3.63, 3.8) is 0 Å². The third-order valence-corrected chi connectivity index (χ3v) is 4.71. The van der Waals surface area contributed by atoms with Gasteiger partial charge in [0.05, 0.1) is 0 Å². The summed E-state index contributed by atoms with van der Waals surface area (Å²) in [4.78, 5) is 34.6. The molecule has 6 heteroatoms. The van der Waals surface area contributed by atoms with E-state index in [-0.39, 0.29) is 42.0 Å². The van der Waals surface area contributed by atoms with Gasteiger partial charge in [-0.2, -0.15) is 0 Å². The molecule has 0 aromatic rings. The van der Waals surface area contributed by atoms with Gasteiger partial charge in [-0.15, -0.1) is 0 Å². The van der Waals surface area contributed by atoms with E-state index in [9.17, 15) is 14.4 Å². The molecule has 0 aliphatic heterocycles. The summed E-state index contributed by atoms with van der Waals surface area (Å²) in [5.41, 5.74) is 0.402. The molecule has 2 unspecified atom stereocenters. The summed E-state index contributed by atoms with van der Waals surface area (Å²) in [5, 5.41) is 3.03. The van der Waals surface area contributed by atoms with Crippen LogP contribution in [0.4, 0.5) is 0 Å². The first kappa shape index (κ1) is 22.2. The topological polar surface area (TPSA) is 81.7 Å². The van der Waals surface area contributed by atoms with Gasteiger partial charge in [-0.3, -0.25) is 9.59 Å². The molecule has 1 saturated carbocycles. The molecule has 1 rings (SSSR count). The number of hydrogen-bond donors (Lipinski definition) is 1. The smallest absolute Gasteiger partial charge is 0.333 e. The van der Waals surface area contributed by atoms with E-state index in [0.717, 1.165) is 19.3 Å². The van der Waals surface area contributed by atoms with Gasteiger partial charge in [0, 0.05) is 25.0 Å². The van der Waals surface area contributed by atoms with Crippen molar-refractivity contribution in [2.45, 2.75) is 72.8 Å². The van der Waals surface area contributed by atoms with Gasteiger partial charge < -0.3 is 14.8 Å². The highest BCUT2D eigenvalue weighted by atomic mass is 16.6. The van der Waals surface area contributed by atoms with E-state index in [1.807, 2.05) is 0 Å². The van der Waals surface area contributed by atoms with E-state index < -0.39 is 5.97 Å². The van der Waals surface area contributed by atoms with Crippen LogP contribution in [-0.4, -0.2) is 37.1 Å². The fraction of sp³-hybridized carbons (Fsp3) is 0.750. The number of amides is 1. The van der Waals surface area contributed by atoms with Crippen molar-refractivity contribution in [1.82, 2.24) is 5.32 Å². The van der Waals surface area contributed by atoms with Gasteiger partial charge in [0.2, 0.25) is 5.91 Å². The second-order valence-electron chi connectivity index (χ2n) is 8.59. The second-order valence-corrected chi connectivity index (χ2v) is 8.59. The van der Waals surface area contributed by atoms with Crippen LogP contribution in [0, 0.1) is 10.8 Å². The lowest BCUT2D eigenvalue weighted by molar-refractivity contribution is -0.150. The van der Waals surface area contributed by atoms with E-state index in [2.05, 4.69) is 32.7 Å². The SMILES string of the molecule is C=C(C)C(=O)OCCOC(=O)CCC1(C)CC(NC(C)=O)CC(C)(C)C1. The number of esters is 2. The van der Waals surface area contributed by atoms with Crippen LogP contribution >= 0.6 is 0 Å². The van der Waals surface area contributed by atoms with Gasteiger partial charge in [-0.05, 0) is 43.4 Å². The molecule has 6 nitrogen and oxygen atoms in total. The number of carbonyl (C=O) groups excluding carboxylic acids is 3. The Kier molecular flexibility index (Phi) is 7.85. The molecule has 1 N–H and O–H groups in total. The van der Waals surface area contributed by atoms with Gasteiger partial charge >= 0.3 is 11.9 Å². The van der Waals surface area contributed by atoms with E-state index in [1.54, 1.807) is 6.92 Å².